The van der Waals surface area contributed by atoms with Crippen molar-refractivity contribution < 1.29 is 9.47 Å². The highest BCUT2D eigenvalue weighted by atomic mass is 16.6. The number of ether oxygens (including phenoxy) is 2. The molecule has 0 aromatic heterocycles. The lowest BCUT2D eigenvalue weighted by molar-refractivity contribution is 0.135. The largest absolute Gasteiger partial charge is 0.372 e. The van der Waals surface area contributed by atoms with Gasteiger partial charge in [-0.15, -0.1) is 0 Å². The van der Waals surface area contributed by atoms with E-state index >= 15 is 0 Å². The van der Waals surface area contributed by atoms with E-state index in [2.05, 4.69) is 4.90 Å². The molecule has 0 aromatic carbocycles. The molecule has 0 N–H and O–H groups in total. The van der Waals surface area contributed by atoms with Crippen LogP contribution in [0.25, 0.3) is 0 Å². The van der Waals surface area contributed by atoms with E-state index in [1.165, 1.54) is 0 Å². The lowest BCUT2D eigenvalue weighted by atomic mass is 10.4. The summed E-state index contributed by atoms with van der Waals surface area (Å²) in [7, 11) is 0. The highest BCUT2D eigenvalue weighted by Gasteiger charge is 2.26. The summed E-state index contributed by atoms with van der Waals surface area (Å²) in [6.07, 6.45) is 0.520. The van der Waals surface area contributed by atoms with Gasteiger partial charge in [0.1, 0.15) is 0 Å². The lowest BCUT2D eigenvalue weighted by Gasteiger charge is -2.08. The Kier molecular flexibility index (Phi) is 1.41. The van der Waals surface area contributed by atoms with E-state index in [1.54, 1.807) is 0 Å². The third-order valence-electron chi connectivity index (χ3n) is 1.69. The van der Waals surface area contributed by atoms with Gasteiger partial charge in [0.15, 0.2) is 0 Å². The molecule has 2 saturated heterocycles. The Morgan fingerprint density at radius 3 is 3.00 bits per heavy atom. The molecule has 52 valence electrons. The van der Waals surface area contributed by atoms with E-state index in [0.29, 0.717) is 6.10 Å². The maximum atomic E-state index is 5.16. The third-order valence-corrected chi connectivity index (χ3v) is 1.69. The van der Waals surface area contributed by atoms with Crippen LogP contribution in [-0.4, -0.2) is 44.0 Å². The van der Waals surface area contributed by atoms with Crippen molar-refractivity contribution in [2.75, 3.05) is 33.0 Å². The van der Waals surface area contributed by atoms with Gasteiger partial charge in [0.25, 0.3) is 0 Å². The summed E-state index contributed by atoms with van der Waals surface area (Å²) in [5, 5.41) is 0. The summed E-state index contributed by atoms with van der Waals surface area (Å²) in [4.78, 5) is 2.28. The number of epoxide rings is 1. The SMILES string of the molecule is C1CN(CC2CO2)CO1. The van der Waals surface area contributed by atoms with Crippen molar-refractivity contribution in [2.24, 2.45) is 0 Å². The van der Waals surface area contributed by atoms with E-state index in [-0.39, 0.29) is 0 Å². The molecule has 3 heteroatoms. The highest BCUT2D eigenvalue weighted by Crippen LogP contribution is 2.12. The molecule has 0 spiro atoms. The zero-order valence-corrected chi connectivity index (χ0v) is 5.38. The van der Waals surface area contributed by atoms with Gasteiger partial charge in [-0.3, -0.25) is 4.90 Å². The minimum atomic E-state index is 0.520. The first-order chi connectivity index (χ1) is 4.45. The number of hydrogen-bond acceptors (Lipinski definition) is 3. The molecule has 2 rings (SSSR count). The molecule has 3 nitrogen and oxygen atoms in total. The Morgan fingerprint density at radius 2 is 2.44 bits per heavy atom. The van der Waals surface area contributed by atoms with E-state index in [1.807, 2.05) is 0 Å². The Balaban J connectivity index is 1.70. The Hall–Kier alpha value is -0.120. The Bertz CT molecular complexity index is 97.2. The molecule has 0 radical (unpaired) electrons. The van der Waals surface area contributed by atoms with Crippen LogP contribution in [0.2, 0.25) is 0 Å². The van der Waals surface area contributed by atoms with Gasteiger partial charge < -0.3 is 9.47 Å². The summed E-state index contributed by atoms with van der Waals surface area (Å²) >= 11 is 0. The van der Waals surface area contributed by atoms with Crippen LogP contribution < -0.4 is 0 Å². The number of rotatable bonds is 2. The van der Waals surface area contributed by atoms with E-state index in [9.17, 15) is 0 Å². The summed E-state index contributed by atoms with van der Waals surface area (Å²) < 4.78 is 10.2. The normalized spacial score (nSPS) is 35.3. The van der Waals surface area contributed by atoms with Crippen LogP contribution in [0.15, 0.2) is 0 Å². The fourth-order valence-corrected chi connectivity index (χ4v) is 1.06. The molecule has 1 atom stereocenters. The molecular formula is C6H11NO2. The van der Waals surface area contributed by atoms with Gasteiger partial charge in [0, 0.05) is 13.1 Å². The molecule has 1 unspecified atom stereocenters. The van der Waals surface area contributed by atoms with Crippen molar-refractivity contribution in [3.63, 3.8) is 0 Å². The average molecular weight is 129 g/mol. The van der Waals surface area contributed by atoms with Crippen LogP contribution >= 0.6 is 0 Å². The lowest BCUT2D eigenvalue weighted by Crippen LogP contribution is -2.24. The van der Waals surface area contributed by atoms with Gasteiger partial charge in [-0.2, -0.15) is 0 Å². The summed E-state index contributed by atoms with van der Waals surface area (Å²) in [5.74, 6) is 0. The van der Waals surface area contributed by atoms with Gasteiger partial charge in [-0.1, -0.05) is 0 Å². The molecule has 0 bridgehead atoms. The summed E-state index contributed by atoms with van der Waals surface area (Å²) in [6.45, 7) is 4.81. The summed E-state index contributed by atoms with van der Waals surface area (Å²) in [5.41, 5.74) is 0. The van der Waals surface area contributed by atoms with Gasteiger partial charge in [0.05, 0.1) is 26.0 Å². The van der Waals surface area contributed by atoms with Crippen LogP contribution in [0.4, 0.5) is 0 Å². The van der Waals surface area contributed by atoms with Crippen LogP contribution in [-0.2, 0) is 9.47 Å². The molecule has 2 aliphatic heterocycles. The molecule has 0 aliphatic carbocycles. The van der Waals surface area contributed by atoms with Gasteiger partial charge in [-0.05, 0) is 0 Å². The Morgan fingerprint density at radius 1 is 1.56 bits per heavy atom. The van der Waals surface area contributed by atoms with Crippen LogP contribution in [0.5, 0.6) is 0 Å². The van der Waals surface area contributed by atoms with Crippen molar-refractivity contribution in [2.45, 2.75) is 6.10 Å². The van der Waals surface area contributed by atoms with Crippen molar-refractivity contribution in [3.05, 3.63) is 0 Å². The number of nitrogens with zero attached hydrogens (tertiary/aromatic N) is 1. The Labute approximate surface area is 54.5 Å². The monoisotopic (exact) mass is 129 g/mol. The molecule has 2 fully saturated rings. The third kappa shape index (κ3) is 1.41. The van der Waals surface area contributed by atoms with Crippen LogP contribution in [0.1, 0.15) is 0 Å². The second-order valence-corrected chi connectivity index (χ2v) is 2.57. The van der Waals surface area contributed by atoms with Gasteiger partial charge in [-0.25, -0.2) is 0 Å². The standard InChI is InChI=1S/C6H11NO2/c1-2-8-5-7(1)3-6-4-9-6/h6H,1-5H2. The first-order valence-electron chi connectivity index (χ1n) is 3.37. The molecule has 0 aromatic rings. The predicted octanol–water partition coefficient (Wildman–Crippen LogP) is -0.325. The van der Waals surface area contributed by atoms with Crippen LogP contribution in [0, 0.1) is 0 Å². The second-order valence-electron chi connectivity index (χ2n) is 2.57. The predicted molar refractivity (Wildman–Crippen MR) is 32.1 cm³/mol. The second kappa shape index (κ2) is 2.25. The molecule has 2 aliphatic rings. The minimum absolute atomic E-state index is 0.520. The van der Waals surface area contributed by atoms with Crippen LogP contribution in [0.3, 0.4) is 0 Å². The first-order valence-corrected chi connectivity index (χ1v) is 3.37. The smallest absolute Gasteiger partial charge is 0.0992 e. The van der Waals surface area contributed by atoms with E-state index < -0.39 is 0 Å². The number of hydrogen-bond donors (Lipinski definition) is 0. The first kappa shape index (κ1) is 5.65. The maximum absolute atomic E-state index is 5.16. The molecule has 2 heterocycles. The molecule has 9 heavy (non-hydrogen) atoms. The van der Waals surface area contributed by atoms with Crippen molar-refractivity contribution in [1.29, 1.82) is 0 Å². The van der Waals surface area contributed by atoms with Gasteiger partial charge in [0.2, 0.25) is 0 Å². The van der Waals surface area contributed by atoms with Crippen molar-refractivity contribution >= 4 is 0 Å². The molecule has 0 saturated carbocycles. The highest BCUT2D eigenvalue weighted by molar-refractivity contribution is 4.74. The van der Waals surface area contributed by atoms with Crippen molar-refractivity contribution in [1.82, 2.24) is 4.90 Å². The van der Waals surface area contributed by atoms with Gasteiger partial charge >= 0.3 is 0 Å². The topological polar surface area (TPSA) is 25.0 Å². The zero-order valence-electron chi connectivity index (χ0n) is 5.38. The average Bonchev–Trinajstić information content (AvgIpc) is 2.46. The minimum Gasteiger partial charge on any atom is -0.372 e. The summed E-state index contributed by atoms with van der Waals surface area (Å²) in [6, 6.07) is 0. The van der Waals surface area contributed by atoms with E-state index in [0.717, 1.165) is 33.0 Å². The fraction of sp³-hybridized carbons (Fsp3) is 1.00. The quantitative estimate of drug-likeness (QED) is 0.477. The molecule has 0 amide bonds. The van der Waals surface area contributed by atoms with E-state index in [4.69, 9.17) is 9.47 Å². The fourth-order valence-electron chi connectivity index (χ4n) is 1.06. The zero-order chi connectivity index (χ0) is 6.10. The maximum Gasteiger partial charge on any atom is 0.0992 e. The molecular weight excluding hydrogens is 118 g/mol. The van der Waals surface area contributed by atoms with Crippen molar-refractivity contribution in [3.8, 4) is 0 Å².